The fourth-order valence-corrected chi connectivity index (χ4v) is 4.12. The van der Waals surface area contributed by atoms with Crippen LogP contribution in [0.1, 0.15) is 34.8 Å². The largest absolute Gasteiger partial charge is 0.462 e. The van der Waals surface area contributed by atoms with Gasteiger partial charge in [0.1, 0.15) is 5.56 Å². The monoisotopic (exact) mass is 414 g/mol. The van der Waals surface area contributed by atoms with Crippen LogP contribution in [0.4, 0.5) is 5.69 Å². The van der Waals surface area contributed by atoms with Crippen LogP contribution in [0.25, 0.3) is 10.9 Å². The maximum atomic E-state index is 12.7. The normalized spacial score (nSPS) is 14.8. The average Bonchev–Trinajstić information content (AvgIpc) is 3.04. The van der Waals surface area contributed by atoms with Crippen LogP contribution in [0.5, 0.6) is 0 Å². The van der Waals surface area contributed by atoms with Crippen LogP contribution >= 0.6 is 0 Å². The fraction of sp³-hybridized carbons (Fsp3) is 0.320. The molecule has 0 atom stereocenters. The Kier molecular flexibility index (Phi) is 6.44. The molecule has 0 bridgehead atoms. The molecule has 6 heteroatoms. The number of aromatic nitrogens is 1. The number of rotatable bonds is 5. The number of esters is 1. The maximum absolute atomic E-state index is 12.7. The van der Waals surface area contributed by atoms with Crippen molar-refractivity contribution in [3.8, 4) is 6.07 Å². The summed E-state index contributed by atoms with van der Waals surface area (Å²) >= 11 is 0. The van der Waals surface area contributed by atoms with Crippen molar-refractivity contribution < 1.29 is 9.53 Å². The number of hydrogen-bond acceptors (Lipinski definition) is 6. The van der Waals surface area contributed by atoms with Gasteiger partial charge in [-0.05, 0) is 37.1 Å². The average molecular weight is 415 g/mol. The van der Waals surface area contributed by atoms with Gasteiger partial charge in [0.05, 0.1) is 29.4 Å². The number of carbonyl (C=O) groups excluding carboxylic acids is 1. The summed E-state index contributed by atoms with van der Waals surface area (Å²) in [5.74, 6) is -0.325. The van der Waals surface area contributed by atoms with Gasteiger partial charge < -0.3 is 9.64 Å². The summed E-state index contributed by atoms with van der Waals surface area (Å²) in [7, 11) is 0. The molecular weight excluding hydrogens is 388 g/mol. The van der Waals surface area contributed by atoms with Gasteiger partial charge in [-0.1, -0.05) is 30.3 Å². The molecule has 3 aromatic rings. The quantitative estimate of drug-likeness (QED) is 0.588. The Labute approximate surface area is 182 Å². The molecule has 4 rings (SSSR count). The molecule has 0 aliphatic carbocycles. The fourth-order valence-electron chi connectivity index (χ4n) is 4.12. The van der Waals surface area contributed by atoms with Gasteiger partial charge in [-0.15, -0.1) is 0 Å². The molecule has 0 radical (unpaired) electrons. The van der Waals surface area contributed by atoms with Crippen molar-refractivity contribution in [1.29, 1.82) is 5.26 Å². The second kappa shape index (κ2) is 9.59. The molecule has 0 saturated carbocycles. The van der Waals surface area contributed by atoms with Crippen LogP contribution in [-0.2, 0) is 11.3 Å². The van der Waals surface area contributed by atoms with Gasteiger partial charge in [0.25, 0.3) is 0 Å². The molecule has 1 aliphatic heterocycles. The molecule has 1 aliphatic rings. The Balaban J connectivity index is 1.57. The van der Waals surface area contributed by atoms with Crippen LogP contribution < -0.4 is 4.90 Å². The van der Waals surface area contributed by atoms with Gasteiger partial charge >= 0.3 is 5.97 Å². The van der Waals surface area contributed by atoms with Gasteiger partial charge in [0.2, 0.25) is 0 Å². The van der Waals surface area contributed by atoms with E-state index in [4.69, 9.17) is 10.00 Å². The first-order valence-electron chi connectivity index (χ1n) is 10.7. The Morgan fingerprint density at radius 3 is 2.68 bits per heavy atom. The van der Waals surface area contributed by atoms with Crippen LogP contribution in [0.3, 0.4) is 0 Å². The maximum Gasteiger partial charge on any atom is 0.341 e. The Morgan fingerprint density at radius 1 is 1.10 bits per heavy atom. The van der Waals surface area contributed by atoms with Crippen LogP contribution in [0.2, 0.25) is 0 Å². The van der Waals surface area contributed by atoms with E-state index < -0.39 is 0 Å². The SMILES string of the molecule is CCOC(=O)c1cnc2ccccc2c1N1CCCN(Cc2ccc(C#N)cc2)CC1. The van der Waals surface area contributed by atoms with E-state index in [1.807, 2.05) is 55.5 Å². The first-order chi connectivity index (χ1) is 15.2. The third kappa shape index (κ3) is 4.68. The van der Waals surface area contributed by atoms with E-state index >= 15 is 0 Å². The van der Waals surface area contributed by atoms with E-state index in [0.717, 1.165) is 55.7 Å². The van der Waals surface area contributed by atoms with Gasteiger partial charge in [-0.3, -0.25) is 9.88 Å². The second-order valence-corrected chi connectivity index (χ2v) is 7.68. The zero-order valence-corrected chi connectivity index (χ0v) is 17.8. The summed E-state index contributed by atoms with van der Waals surface area (Å²) in [5, 5.41) is 9.97. The molecule has 1 saturated heterocycles. The van der Waals surface area contributed by atoms with Crippen LogP contribution in [-0.4, -0.2) is 48.6 Å². The number of hydrogen-bond donors (Lipinski definition) is 0. The van der Waals surface area contributed by atoms with Crippen molar-refractivity contribution >= 4 is 22.6 Å². The van der Waals surface area contributed by atoms with Crippen LogP contribution in [0, 0.1) is 11.3 Å². The second-order valence-electron chi connectivity index (χ2n) is 7.68. The molecule has 2 heterocycles. The van der Waals surface area contributed by atoms with E-state index in [0.29, 0.717) is 17.7 Å². The highest BCUT2D eigenvalue weighted by Crippen LogP contribution is 2.31. The highest BCUT2D eigenvalue weighted by atomic mass is 16.5. The molecule has 31 heavy (non-hydrogen) atoms. The number of para-hydroxylation sites is 1. The number of benzene rings is 2. The molecule has 0 spiro atoms. The van der Waals surface area contributed by atoms with Crippen molar-refractivity contribution in [2.75, 3.05) is 37.7 Å². The number of nitriles is 1. The van der Waals surface area contributed by atoms with E-state index in [1.165, 1.54) is 5.56 Å². The van der Waals surface area contributed by atoms with Crippen LogP contribution in [0.15, 0.2) is 54.7 Å². The summed E-state index contributed by atoms with van der Waals surface area (Å²) in [5.41, 5.74) is 4.21. The van der Waals surface area contributed by atoms with Crippen molar-refractivity contribution in [2.45, 2.75) is 19.9 Å². The third-order valence-corrected chi connectivity index (χ3v) is 5.64. The van der Waals surface area contributed by atoms with Gasteiger partial charge in [-0.25, -0.2) is 4.79 Å². The summed E-state index contributed by atoms with van der Waals surface area (Å²) in [6, 6.07) is 17.9. The number of nitrogens with zero attached hydrogens (tertiary/aromatic N) is 4. The smallest absolute Gasteiger partial charge is 0.341 e. The number of pyridine rings is 1. The lowest BCUT2D eigenvalue weighted by Gasteiger charge is -2.26. The minimum Gasteiger partial charge on any atom is -0.462 e. The first-order valence-corrected chi connectivity index (χ1v) is 10.7. The highest BCUT2D eigenvalue weighted by molar-refractivity contribution is 6.05. The number of carbonyl (C=O) groups is 1. The molecule has 0 N–H and O–H groups in total. The van der Waals surface area contributed by atoms with Crippen molar-refractivity contribution in [2.24, 2.45) is 0 Å². The topological polar surface area (TPSA) is 69.5 Å². The predicted octanol–water partition coefficient (Wildman–Crippen LogP) is 4.00. The predicted molar refractivity (Wildman–Crippen MR) is 121 cm³/mol. The molecule has 6 nitrogen and oxygen atoms in total. The molecular formula is C25H26N4O2. The first kappa shape index (κ1) is 20.8. The summed E-state index contributed by atoms with van der Waals surface area (Å²) in [6.45, 7) is 6.55. The molecule has 1 fully saturated rings. The van der Waals surface area contributed by atoms with E-state index in [2.05, 4.69) is 20.9 Å². The molecule has 0 amide bonds. The summed E-state index contributed by atoms with van der Waals surface area (Å²) in [4.78, 5) is 21.9. The van der Waals surface area contributed by atoms with Gasteiger partial charge in [0, 0.05) is 44.3 Å². The van der Waals surface area contributed by atoms with E-state index in [1.54, 1.807) is 6.20 Å². The van der Waals surface area contributed by atoms with E-state index in [-0.39, 0.29) is 5.97 Å². The standard InChI is InChI=1S/C25H26N4O2/c1-2-31-25(30)22-17-27-23-7-4-3-6-21(23)24(22)29-13-5-12-28(14-15-29)18-20-10-8-19(16-26)9-11-20/h3-4,6-11,17H,2,5,12-15,18H2,1H3. The number of anilines is 1. The third-order valence-electron chi connectivity index (χ3n) is 5.64. The Morgan fingerprint density at radius 2 is 1.90 bits per heavy atom. The van der Waals surface area contributed by atoms with Crippen molar-refractivity contribution in [3.63, 3.8) is 0 Å². The molecule has 158 valence electrons. The lowest BCUT2D eigenvalue weighted by molar-refractivity contribution is 0.0527. The summed E-state index contributed by atoms with van der Waals surface area (Å²) in [6.07, 6.45) is 2.64. The lowest BCUT2D eigenvalue weighted by atomic mass is 10.1. The number of fused-ring (bicyclic) bond motifs is 1. The molecule has 1 aromatic heterocycles. The number of ether oxygens (including phenoxy) is 1. The van der Waals surface area contributed by atoms with Crippen molar-refractivity contribution in [1.82, 2.24) is 9.88 Å². The zero-order valence-electron chi connectivity index (χ0n) is 17.8. The van der Waals surface area contributed by atoms with Gasteiger partial charge in [-0.2, -0.15) is 5.26 Å². The minimum atomic E-state index is -0.325. The minimum absolute atomic E-state index is 0.325. The molecule has 0 unspecified atom stereocenters. The highest BCUT2D eigenvalue weighted by Gasteiger charge is 2.23. The van der Waals surface area contributed by atoms with E-state index in [9.17, 15) is 4.79 Å². The Hall–Kier alpha value is -3.43. The molecule has 2 aromatic carbocycles. The zero-order chi connectivity index (χ0) is 21.6. The Bertz CT molecular complexity index is 1100. The lowest BCUT2D eigenvalue weighted by Crippen LogP contribution is -2.31. The summed E-state index contributed by atoms with van der Waals surface area (Å²) < 4.78 is 5.32. The van der Waals surface area contributed by atoms with Crippen molar-refractivity contribution in [3.05, 3.63) is 71.4 Å². The van der Waals surface area contributed by atoms with Gasteiger partial charge in [0.15, 0.2) is 0 Å².